The fourth-order valence-electron chi connectivity index (χ4n) is 8.87. The Labute approximate surface area is 327 Å². The molecule has 0 N–H and O–H groups in total. The first kappa shape index (κ1) is 51.0. The van der Waals surface area contributed by atoms with E-state index in [0.29, 0.717) is 0 Å². The minimum Gasteiger partial charge on any atom is -0.0654 e. The Morgan fingerprint density at radius 2 is 0.294 bits per heavy atom. The minimum atomic E-state index is 1.02. The zero-order valence-electron chi connectivity index (χ0n) is 37.0. The van der Waals surface area contributed by atoms with Crippen molar-refractivity contribution < 1.29 is 0 Å². The second kappa shape index (κ2) is 46.2. The molecule has 0 aliphatic rings. The second-order valence-corrected chi connectivity index (χ2v) is 17.8. The van der Waals surface area contributed by atoms with Gasteiger partial charge in [-0.3, -0.25) is 0 Å². The van der Waals surface area contributed by atoms with Crippen LogP contribution in [0.15, 0.2) is 0 Å². The summed E-state index contributed by atoms with van der Waals surface area (Å²) < 4.78 is 0. The molecule has 0 spiro atoms. The van der Waals surface area contributed by atoms with Gasteiger partial charge >= 0.3 is 0 Å². The van der Waals surface area contributed by atoms with E-state index >= 15 is 0 Å². The smallest absolute Gasteiger partial charge is 0.0414 e. The normalized spacial score (nSPS) is 12.9. The zero-order chi connectivity index (χ0) is 37.0. The fraction of sp³-hybridized carbons (Fsp3) is 1.00. The van der Waals surface area contributed by atoms with Crippen LogP contribution in [0.5, 0.6) is 0 Å². The lowest BCUT2D eigenvalue weighted by Crippen LogP contribution is -2.04. The molecular weight excluding hydrogens is 613 g/mol. The average Bonchev–Trinajstić information content (AvgIpc) is 3.14. The van der Waals surface area contributed by atoms with E-state index in [2.05, 4.69) is 27.7 Å². The van der Waals surface area contributed by atoms with Crippen molar-refractivity contribution in [2.75, 3.05) is 0 Å². The summed E-state index contributed by atoms with van der Waals surface area (Å²) in [5.74, 6) is 2.05. The number of hydrogen-bond acceptors (Lipinski definition) is 0. The lowest BCUT2D eigenvalue weighted by atomic mass is 9.87. The van der Waals surface area contributed by atoms with Gasteiger partial charge in [-0.15, -0.1) is 0 Å². The maximum Gasteiger partial charge on any atom is -0.0414 e. The van der Waals surface area contributed by atoms with Crippen molar-refractivity contribution >= 4 is 0 Å². The van der Waals surface area contributed by atoms with Gasteiger partial charge in [0.25, 0.3) is 0 Å². The molecule has 0 rings (SSSR count). The number of unbranched alkanes of at least 4 members (excludes halogenated alkanes) is 34. The topological polar surface area (TPSA) is 0 Å². The molecule has 2 atom stereocenters. The molecule has 0 aliphatic heterocycles. The van der Waals surface area contributed by atoms with Crippen molar-refractivity contribution in [2.45, 2.75) is 317 Å². The molecular formula is C51H104. The van der Waals surface area contributed by atoms with Crippen LogP contribution in [0.25, 0.3) is 0 Å². The standard InChI is InChI=1S/C51H104/c1-5-9-13-16-19-21-22-23-24-25-26-27-28-29-30-31-32-35-38-41-47-51(46-40-37-34-20-17-14-10-6-2)49-43-42-48-50(44-12-8-4)45-39-36-33-18-15-11-7-3/h50-51H,5-49H2,1-4H3. The summed E-state index contributed by atoms with van der Waals surface area (Å²) in [4.78, 5) is 0. The van der Waals surface area contributed by atoms with Crippen LogP contribution in [0.1, 0.15) is 317 Å². The highest BCUT2D eigenvalue weighted by Gasteiger charge is 2.12. The summed E-state index contributed by atoms with van der Waals surface area (Å²) in [7, 11) is 0. The van der Waals surface area contributed by atoms with E-state index < -0.39 is 0 Å². The van der Waals surface area contributed by atoms with E-state index in [-0.39, 0.29) is 0 Å². The van der Waals surface area contributed by atoms with Crippen molar-refractivity contribution in [3.63, 3.8) is 0 Å². The van der Waals surface area contributed by atoms with Gasteiger partial charge in [0.05, 0.1) is 0 Å². The average molecular weight is 717 g/mol. The van der Waals surface area contributed by atoms with E-state index in [9.17, 15) is 0 Å². The molecule has 0 heteroatoms. The summed E-state index contributed by atoms with van der Waals surface area (Å²) in [6, 6.07) is 0. The second-order valence-electron chi connectivity index (χ2n) is 17.8. The first-order valence-electron chi connectivity index (χ1n) is 25.3. The Kier molecular flexibility index (Phi) is 46.2. The highest BCUT2D eigenvalue weighted by atomic mass is 14.2. The van der Waals surface area contributed by atoms with Crippen LogP contribution in [-0.2, 0) is 0 Å². The lowest BCUT2D eigenvalue weighted by Gasteiger charge is -2.19. The Hall–Kier alpha value is 0. The van der Waals surface area contributed by atoms with E-state index in [1.165, 1.54) is 289 Å². The van der Waals surface area contributed by atoms with Gasteiger partial charge < -0.3 is 0 Å². The molecule has 0 aromatic carbocycles. The van der Waals surface area contributed by atoms with Crippen LogP contribution in [0, 0.1) is 11.8 Å². The first-order valence-corrected chi connectivity index (χ1v) is 25.3. The highest BCUT2D eigenvalue weighted by molar-refractivity contribution is 4.65. The molecule has 0 heterocycles. The Morgan fingerprint density at radius 1 is 0.157 bits per heavy atom. The van der Waals surface area contributed by atoms with Gasteiger partial charge in [0.15, 0.2) is 0 Å². The Bertz CT molecular complexity index is 579. The third kappa shape index (κ3) is 42.6. The fourth-order valence-corrected chi connectivity index (χ4v) is 8.87. The predicted molar refractivity (Wildman–Crippen MR) is 237 cm³/mol. The van der Waals surface area contributed by atoms with E-state index in [1.807, 2.05) is 0 Å². The molecule has 308 valence electrons. The van der Waals surface area contributed by atoms with Crippen LogP contribution in [0.4, 0.5) is 0 Å². The van der Waals surface area contributed by atoms with Gasteiger partial charge in [-0.2, -0.15) is 0 Å². The zero-order valence-corrected chi connectivity index (χ0v) is 37.0. The van der Waals surface area contributed by atoms with Gasteiger partial charge in [0.1, 0.15) is 0 Å². The molecule has 0 fully saturated rings. The molecule has 0 aromatic rings. The highest BCUT2D eigenvalue weighted by Crippen LogP contribution is 2.28. The van der Waals surface area contributed by atoms with E-state index in [4.69, 9.17) is 0 Å². The number of hydrogen-bond donors (Lipinski definition) is 0. The molecule has 0 bridgehead atoms. The summed E-state index contributed by atoms with van der Waals surface area (Å²) in [6.07, 6.45) is 66.7. The monoisotopic (exact) mass is 717 g/mol. The van der Waals surface area contributed by atoms with Crippen LogP contribution in [-0.4, -0.2) is 0 Å². The van der Waals surface area contributed by atoms with Crippen LogP contribution in [0.3, 0.4) is 0 Å². The molecule has 0 aliphatic carbocycles. The summed E-state index contributed by atoms with van der Waals surface area (Å²) in [5, 5.41) is 0. The van der Waals surface area contributed by atoms with Crippen molar-refractivity contribution in [1.82, 2.24) is 0 Å². The largest absolute Gasteiger partial charge is 0.0654 e. The molecule has 0 saturated heterocycles. The Morgan fingerprint density at radius 3 is 0.490 bits per heavy atom. The van der Waals surface area contributed by atoms with Gasteiger partial charge in [-0.25, -0.2) is 0 Å². The first-order chi connectivity index (χ1) is 25.3. The maximum atomic E-state index is 2.39. The van der Waals surface area contributed by atoms with Gasteiger partial charge in [-0.05, 0) is 11.8 Å². The third-order valence-corrected chi connectivity index (χ3v) is 12.6. The third-order valence-electron chi connectivity index (χ3n) is 12.6. The van der Waals surface area contributed by atoms with Gasteiger partial charge in [-0.1, -0.05) is 317 Å². The summed E-state index contributed by atoms with van der Waals surface area (Å²) in [5.41, 5.74) is 0. The summed E-state index contributed by atoms with van der Waals surface area (Å²) in [6.45, 7) is 9.38. The maximum absolute atomic E-state index is 2.39. The van der Waals surface area contributed by atoms with E-state index in [0.717, 1.165) is 11.8 Å². The van der Waals surface area contributed by atoms with Crippen LogP contribution < -0.4 is 0 Å². The SMILES string of the molecule is CCCCCCCCCCCCCCCCCCCCCCC(CCCCCCCCCC)CCCCC(CCCC)CCCCCCCCC. The molecule has 2 unspecified atom stereocenters. The summed E-state index contributed by atoms with van der Waals surface area (Å²) >= 11 is 0. The molecule has 0 nitrogen and oxygen atoms in total. The van der Waals surface area contributed by atoms with E-state index in [1.54, 1.807) is 0 Å². The Balaban J connectivity index is 4.07. The van der Waals surface area contributed by atoms with Crippen molar-refractivity contribution in [3.05, 3.63) is 0 Å². The van der Waals surface area contributed by atoms with Crippen molar-refractivity contribution in [3.8, 4) is 0 Å². The van der Waals surface area contributed by atoms with Gasteiger partial charge in [0.2, 0.25) is 0 Å². The minimum absolute atomic E-state index is 1.02. The van der Waals surface area contributed by atoms with Crippen LogP contribution in [0.2, 0.25) is 0 Å². The molecule has 51 heavy (non-hydrogen) atoms. The predicted octanol–water partition coefficient (Wildman–Crippen LogP) is 19.9. The molecule has 0 amide bonds. The number of rotatable bonds is 46. The van der Waals surface area contributed by atoms with Crippen molar-refractivity contribution in [1.29, 1.82) is 0 Å². The van der Waals surface area contributed by atoms with Gasteiger partial charge in [0, 0.05) is 0 Å². The molecule has 0 aromatic heterocycles. The quantitative estimate of drug-likeness (QED) is 0.0550. The van der Waals surface area contributed by atoms with Crippen molar-refractivity contribution in [2.24, 2.45) is 11.8 Å². The lowest BCUT2D eigenvalue weighted by molar-refractivity contribution is 0.339. The van der Waals surface area contributed by atoms with Crippen LogP contribution >= 0.6 is 0 Å². The molecule has 0 radical (unpaired) electrons. The molecule has 0 saturated carbocycles.